The summed E-state index contributed by atoms with van der Waals surface area (Å²) in [5.74, 6) is -1.77. The van der Waals surface area contributed by atoms with Gasteiger partial charge in [0.2, 0.25) is 5.91 Å². The van der Waals surface area contributed by atoms with Crippen molar-refractivity contribution in [3.8, 4) is 0 Å². The third-order valence-corrected chi connectivity index (χ3v) is 2.08. The highest BCUT2D eigenvalue weighted by Crippen LogP contribution is 2.16. The highest BCUT2D eigenvalue weighted by atomic mass is 16.4. The second kappa shape index (κ2) is 5.27. The minimum Gasteiger partial charge on any atom is -0.480 e. The zero-order chi connectivity index (χ0) is 12.1. The van der Waals surface area contributed by atoms with Crippen molar-refractivity contribution in [2.75, 3.05) is 0 Å². The zero-order valence-corrected chi connectivity index (χ0v) is 8.75. The number of aliphatic carboxylic acids is 1. The Balaban J connectivity index is 2.87. The number of carboxylic acids is 1. The molecule has 0 heterocycles. The van der Waals surface area contributed by atoms with Gasteiger partial charge in [0.1, 0.15) is 6.10 Å². The highest BCUT2D eigenvalue weighted by molar-refractivity contribution is 5.82. The summed E-state index contributed by atoms with van der Waals surface area (Å²) in [6.45, 7) is 1.20. The summed E-state index contributed by atoms with van der Waals surface area (Å²) in [6.07, 6.45) is -1.26. The Morgan fingerprint density at radius 3 is 2.25 bits per heavy atom. The van der Waals surface area contributed by atoms with Crippen LogP contribution in [0.4, 0.5) is 0 Å². The van der Waals surface area contributed by atoms with Crippen LogP contribution in [0.5, 0.6) is 0 Å². The first kappa shape index (κ1) is 12.2. The van der Waals surface area contributed by atoms with E-state index in [9.17, 15) is 14.7 Å². The molecule has 0 spiro atoms. The van der Waals surface area contributed by atoms with Crippen LogP contribution in [0.2, 0.25) is 0 Å². The quantitative estimate of drug-likeness (QED) is 0.685. The number of carboxylic acid groups (broad SMARTS) is 1. The first-order chi connectivity index (χ1) is 7.52. The fourth-order valence-corrected chi connectivity index (χ4v) is 1.34. The van der Waals surface area contributed by atoms with E-state index < -0.39 is 24.0 Å². The van der Waals surface area contributed by atoms with Crippen molar-refractivity contribution in [1.29, 1.82) is 0 Å². The lowest BCUT2D eigenvalue weighted by Crippen LogP contribution is -2.44. The fraction of sp³-hybridized carbons (Fsp3) is 0.273. The number of amides is 1. The van der Waals surface area contributed by atoms with Gasteiger partial charge in [-0.25, -0.2) is 4.79 Å². The summed E-state index contributed by atoms with van der Waals surface area (Å²) in [7, 11) is 0. The van der Waals surface area contributed by atoms with Crippen LogP contribution < -0.4 is 5.32 Å². The molecule has 16 heavy (non-hydrogen) atoms. The third kappa shape index (κ3) is 3.06. The second-order valence-electron chi connectivity index (χ2n) is 3.37. The second-order valence-corrected chi connectivity index (χ2v) is 3.37. The van der Waals surface area contributed by atoms with Crippen LogP contribution in [0.3, 0.4) is 0 Å². The molecule has 0 aliphatic rings. The molecule has 0 unspecified atom stereocenters. The van der Waals surface area contributed by atoms with Crippen LogP contribution in [0.1, 0.15) is 18.6 Å². The lowest BCUT2D eigenvalue weighted by molar-refractivity contribution is -0.145. The van der Waals surface area contributed by atoms with Crippen molar-refractivity contribution in [2.24, 2.45) is 0 Å². The summed E-state index contributed by atoms with van der Waals surface area (Å²) in [5, 5.41) is 20.9. The Morgan fingerprint density at radius 1 is 1.25 bits per heavy atom. The Morgan fingerprint density at radius 2 is 1.81 bits per heavy atom. The standard InChI is InChI=1S/C11H13NO4/c1-7(13)12-9(11(15)16)10(14)8-5-3-2-4-6-8/h2-6,9-10,14H,1H3,(H,12,13)(H,15,16)/t9-,10-/m1/s1. The summed E-state index contributed by atoms with van der Waals surface area (Å²) in [6, 6.07) is 6.99. The Labute approximate surface area is 92.7 Å². The van der Waals surface area contributed by atoms with E-state index in [1.165, 1.54) is 6.92 Å². The van der Waals surface area contributed by atoms with Crippen molar-refractivity contribution in [2.45, 2.75) is 19.1 Å². The molecule has 0 aliphatic carbocycles. The molecule has 1 aromatic carbocycles. The maximum Gasteiger partial charge on any atom is 0.329 e. The van der Waals surface area contributed by atoms with Crippen molar-refractivity contribution in [1.82, 2.24) is 5.32 Å². The Hall–Kier alpha value is -1.88. The average Bonchev–Trinajstić information content (AvgIpc) is 2.25. The number of hydrogen-bond acceptors (Lipinski definition) is 3. The van der Waals surface area contributed by atoms with E-state index in [0.29, 0.717) is 5.56 Å². The van der Waals surface area contributed by atoms with Gasteiger partial charge in [-0.1, -0.05) is 30.3 Å². The van der Waals surface area contributed by atoms with Crippen LogP contribution in [0.15, 0.2) is 30.3 Å². The number of carbonyl (C=O) groups is 2. The molecule has 1 amide bonds. The number of aliphatic hydroxyl groups is 1. The Kier molecular flexibility index (Phi) is 4.02. The van der Waals surface area contributed by atoms with Crippen molar-refractivity contribution >= 4 is 11.9 Å². The van der Waals surface area contributed by atoms with Gasteiger partial charge in [0.05, 0.1) is 0 Å². The summed E-state index contributed by atoms with van der Waals surface area (Å²) < 4.78 is 0. The topological polar surface area (TPSA) is 86.6 Å². The van der Waals surface area contributed by atoms with Crippen molar-refractivity contribution < 1.29 is 19.8 Å². The van der Waals surface area contributed by atoms with Crippen LogP contribution in [-0.4, -0.2) is 28.1 Å². The molecule has 3 N–H and O–H groups in total. The van der Waals surface area contributed by atoms with Crippen molar-refractivity contribution in [3.63, 3.8) is 0 Å². The molecule has 0 saturated heterocycles. The normalized spacial score (nSPS) is 13.9. The summed E-state index contributed by atoms with van der Waals surface area (Å²) >= 11 is 0. The predicted molar refractivity (Wildman–Crippen MR) is 56.6 cm³/mol. The first-order valence-corrected chi connectivity index (χ1v) is 4.75. The van der Waals surface area contributed by atoms with Gasteiger partial charge in [-0.2, -0.15) is 0 Å². The van der Waals surface area contributed by atoms with Gasteiger partial charge in [-0.15, -0.1) is 0 Å². The molecule has 0 saturated carbocycles. The SMILES string of the molecule is CC(=O)N[C@@H](C(=O)O)[C@H](O)c1ccccc1. The predicted octanol–water partition coefficient (Wildman–Crippen LogP) is 0.309. The van der Waals surface area contributed by atoms with E-state index in [1.807, 2.05) is 0 Å². The van der Waals surface area contributed by atoms with E-state index in [0.717, 1.165) is 0 Å². The van der Waals surface area contributed by atoms with Gasteiger partial charge in [0.25, 0.3) is 0 Å². The number of carbonyl (C=O) groups excluding carboxylic acids is 1. The smallest absolute Gasteiger partial charge is 0.329 e. The van der Waals surface area contributed by atoms with Gasteiger partial charge in [-0.3, -0.25) is 4.79 Å². The van der Waals surface area contributed by atoms with Crippen LogP contribution in [0, 0.1) is 0 Å². The van der Waals surface area contributed by atoms with Crippen LogP contribution in [-0.2, 0) is 9.59 Å². The molecule has 2 atom stereocenters. The lowest BCUT2D eigenvalue weighted by Gasteiger charge is -2.19. The minimum atomic E-state index is -1.33. The van der Waals surface area contributed by atoms with E-state index in [-0.39, 0.29) is 0 Å². The van der Waals surface area contributed by atoms with Gasteiger partial charge >= 0.3 is 5.97 Å². The number of aliphatic hydroxyl groups excluding tert-OH is 1. The highest BCUT2D eigenvalue weighted by Gasteiger charge is 2.28. The molecule has 0 aromatic heterocycles. The Bertz CT molecular complexity index is 377. The maximum atomic E-state index is 10.9. The minimum absolute atomic E-state index is 0.448. The van der Waals surface area contributed by atoms with E-state index >= 15 is 0 Å². The van der Waals surface area contributed by atoms with Crippen LogP contribution in [0.25, 0.3) is 0 Å². The molecule has 1 aromatic rings. The first-order valence-electron chi connectivity index (χ1n) is 4.75. The molecule has 1 rings (SSSR count). The zero-order valence-electron chi connectivity index (χ0n) is 8.75. The fourth-order valence-electron chi connectivity index (χ4n) is 1.34. The van der Waals surface area contributed by atoms with E-state index in [2.05, 4.69) is 5.32 Å². The maximum absolute atomic E-state index is 10.9. The average molecular weight is 223 g/mol. The molecule has 86 valence electrons. The monoisotopic (exact) mass is 223 g/mol. The molecule has 0 fully saturated rings. The molecule has 0 bridgehead atoms. The van der Waals surface area contributed by atoms with Gasteiger partial charge < -0.3 is 15.5 Å². The molecule has 0 radical (unpaired) electrons. The number of nitrogens with one attached hydrogen (secondary N) is 1. The molecule has 5 nitrogen and oxygen atoms in total. The van der Waals surface area contributed by atoms with Gasteiger partial charge in [0, 0.05) is 6.92 Å². The largest absolute Gasteiger partial charge is 0.480 e. The number of hydrogen-bond donors (Lipinski definition) is 3. The molecular weight excluding hydrogens is 210 g/mol. The lowest BCUT2D eigenvalue weighted by atomic mass is 10.0. The third-order valence-electron chi connectivity index (χ3n) is 2.08. The molecule has 0 aliphatic heterocycles. The summed E-state index contributed by atoms with van der Waals surface area (Å²) in [4.78, 5) is 21.7. The number of rotatable bonds is 4. The van der Waals surface area contributed by atoms with Gasteiger partial charge in [0.15, 0.2) is 6.04 Å². The van der Waals surface area contributed by atoms with Crippen molar-refractivity contribution in [3.05, 3.63) is 35.9 Å². The summed E-state index contributed by atoms with van der Waals surface area (Å²) in [5.41, 5.74) is 0.448. The molecule has 5 heteroatoms. The van der Waals surface area contributed by atoms with Gasteiger partial charge in [-0.05, 0) is 5.56 Å². The van der Waals surface area contributed by atoms with Crippen LogP contribution >= 0.6 is 0 Å². The number of benzene rings is 1. The molecular formula is C11H13NO4. The van der Waals surface area contributed by atoms with E-state index in [4.69, 9.17) is 5.11 Å². The van der Waals surface area contributed by atoms with E-state index in [1.54, 1.807) is 30.3 Å².